The zero-order chi connectivity index (χ0) is 14.5. The molecule has 2 atom stereocenters. The number of nitrogens with one attached hydrogen (secondary N) is 1. The van der Waals surface area contributed by atoms with Gasteiger partial charge >= 0.3 is 0 Å². The summed E-state index contributed by atoms with van der Waals surface area (Å²) in [6, 6.07) is 1.39. The van der Waals surface area contributed by atoms with E-state index >= 15 is 0 Å². The molecule has 0 aromatic carbocycles. The molecule has 0 saturated carbocycles. The summed E-state index contributed by atoms with van der Waals surface area (Å²) in [5.41, 5.74) is 0.348. The number of nitrogens with zero attached hydrogens (tertiary/aromatic N) is 2. The summed E-state index contributed by atoms with van der Waals surface area (Å²) in [7, 11) is 4.54. The smallest absolute Gasteiger partial charge is 0.0220 e. The van der Waals surface area contributed by atoms with Crippen molar-refractivity contribution in [3.05, 3.63) is 0 Å². The third-order valence-electron chi connectivity index (χ3n) is 4.49. The summed E-state index contributed by atoms with van der Waals surface area (Å²) < 4.78 is 0. The van der Waals surface area contributed by atoms with Crippen LogP contribution in [0.4, 0.5) is 0 Å². The molecule has 1 N–H and O–H groups in total. The van der Waals surface area contributed by atoms with Crippen molar-refractivity contribution in [3.63, 3.8) is 0 Å². The lowest BCUT2D eigenvalue weighted by Gasteiger charge is -2.33. The quantitative estimate of drug-likeness (QED) is 0.766. The minimum Gasteiger partial charge on any atom is -0.314 e. The maximum Gasteiger partial charge on any atom is 0.0220 e. The Morgan fingerprint density at radius 1 is 1.37 bits per heavy atom. The minimum absolute atomic E-state index is 0.348. The highest BCUT2D eigenvalue weighted by Crippen LogP contribution is 2.22. The average molecular weight is 269 g/mol. The van der Waals surface area contributed by atoms with Gasteiger partial charge in [-0.15, -0.1) is 0 Å². The van der Waals surface area contributed by atoms with Crippen LogP contribution in [0.25, 0.3) is 0 Å². The van der Waals surface area contributed by atoms with Crippen LogP contribution >= 0.6 is 0 Å². The summed E-state index contributed by atoms with van der Waals surface area (Å²) in [6.45, 7) is 14.0. The molecule has 0 aromatic rings. The largest absolute Gasteiger partial charge is 0.314 e. The highest BCUT2D eigenvalue weighted by Gasteiger charge is 2.25. The van der Waals surface area contributed by atoms with E-state index in [0.717, 1.165) is 12.6 Å². The van der Waals surface area contributed by atoms with Crippen molar-refractivity contribution in [2.45, 2.75) is 59.0 Å². The van der Waals surface area contributed by atoms with Crippen LogP contribution in [0, 0.1) is 5.41 Å². The molecule has 2 unspecified atom stereocenters. The SMILES string of the molecule is CCNC(CCN(C)CC1CCCN1C)C(C)(C)C. The zero-order valence-corrected chi connectivity index (χ0v) is 14.0. The molecule has 1 saturated heterocycles. The maximum atomic E-state index is 3.64. The molecule has 19 heavy (non-hydrogen) atoms. The van der Waals surface area contributed by atoms with E-state index in [1.807, 2.05) is 0 Å². The number of likely N-dealkylation sites (N-methyl/N-ethyl adjacent to an activating group) is 2. The van der Waals surface area contributed by atoms with Gasteiger partial charge in [-0.3, -0.25) is 0 Å². The van der Waals surface area contributed by atoms with Crippen molar-refractivity contribution in [3.8, 4) is 0 Å². The van der Waals surface area contributed by atoms with E-state index in [1.165, 1.54) is 38.9 Å². The van der Waals surface area contributed by atoms with Crippen molar-refractivity contribution in [2.75, 3.05) is 40.3 Å². The second kappa shape index (κ2) is 7.61. The lowest BCUT2D eigenvalue weighted by molar-refractivity contribution is 0.190. The predicted octanol–water partition coefficient (Wildman–Crippen LogP) is 2.43. The van der Waals surface area contributed by atoms with Gasteiger partial charge in [-0.1, -0.05) is 27.7 Å². The van der Waals surface area contributed by atoms with Crippen LogP contribution in [0.2, 0.25) is 0 Å². The van der Waals surface area contributed by atoms with Crippen LogP contribution in [-0.2, 0) is 0 Å². The van der Waals surface area contributed by atoms with E-state index in [0.29, 0.717) is 11.5 Å². The van der Waals surface area contributed by atoms with Gasteiger partial charge in [0.25, 0.3) is 0 Å². The van der Waals surface area contributed by atoms with E-state index in [4.69, 9.17) is 0 Å². The van der Waals surface area contributed by atoms with Gasteiger partial charge in [-0.25, -0.2) is 0 Å². The third-order valence-corrected chi connectivity index (χ3v) is 4.49. The van der Waals surface area contributed by atoms with Crippen molar-refractivity contribution in [1.29, 1.82) is 0 Å². The van der Waals surface area contributed by atoms with Crippen LogP contribution in [0.1, 0.15) is 47.0 Å². The molecule has 3 nitrogen and oxygen atoms in total. The summed E-state index contributed by atoms with van der Waals surface area (Å²) in [5, 5.41) is 3.64. The second-order valence-corrected chi connectivity index (χ2v) is 7.30. The zero-order valence-electron chi connectivity index (χ0n) is 14.0. The van der Waals surface area contributed by atoms with Gasteiger partial charge in [0.05, 0.1) is 0 Å². The van der Waals surface area contributed by atoms with E-state index < -0.39 is 0 Å². The molecule has 1 aliphatic heterocycles. The van der Waals surface area contributed by atoms with Gasteiger partial charge in [-0.2, -0.15) is 0 Å². The van der Waals surface area contributed by atoms with E-state index in [9.17, 15) is 0 Å². The molecule has 1 heterocycles. The lowest BCUT2D eigenvalue weighted by atomic mass is 9.84. The molecule has 0 radical (unpaired) electrons. The maximum absolute atomic E-state index is 3.64. The number of hydrogen-bond donors (Lipinski definition) is 1. The topological polar surface area (TPSA) is 18.5 Å². The lowest BCUT2D eigenvalue weighted by Crippen LogP contribution is -2.43. The Morgan fingerprint density at radius 2 is 2.05 bits per heavy atom. The Bertz CT molecular complexity index is 247. The van der Waals surface area contributed by atoms with Crippen LogP contribution in [0.15, 0.2) is 0 Å². The van der Waals surface area contributed by atoms with Gasteiger partial charge in [0, 0.05) is 18.6 Å². The second-order valence-electron chi connectivity index (χ2n) is 7.30. The molecule has 0 aromatic heterocycles. The summed E-state index contributed by atoms with van der Waals surface area (Å²) in [5.74, 6) is 0. The summed E-state index contributed by atoms with van der Waals surface area (Å²) >= 11 is 0. The van der Waals surface area contributed by atoms with Crippen LogP contribution in [0.3, 0.4) is 0 Å². The first-order valence-corrected chi connectivity index (χ1v) is 7.96. The Morgan fingerprint density at radius 3 is 2.53 bits per heavy atom. The molecule has 1 aliphatic rings. The van der Waals surface area contributed by atoms with Crippen LogP contribution < -0.4 is 5.32 Å². The fraction of sp³-hybridized carbons (Fsp3) is 1.00. The highest BCUT2D eigenvalue weighted by molar-refractivity contribution is 4.83. The van der Waals surface area contributed by atoms with Crippen molar-refractivity contribution < 1.29 is 0 Å². The fourth-order valence-corrected chi connectivity index (χ4v) is 3.10. The monoisotopic (exact) mass is 269 g/mol. The molecule has 0 amide bonds. The van der Waals surface area contributed by atoms with E-state index in [-0.39, 0.29) is 0 Å². The first-order chi connectivity index (χ1) is 8.84. The Hall–Kier alpha value is -0.120. The minimum atomic E-state index is 0.348. The average Bonchev–Trinajstić information content (AvgIpc) is 2.69. The van der Waals surface area contributed by atoms with E-state index in [2.05, 4.69) is 56.9 Å². The molecule has 114 valence electrons. The Labute approximate surface area is 120 Å². The van der Waals surface area contributed by atoms with Crippen LogP contribution in [-0.4, -0.2) is 62.2 Å². The molecule has 0 spiro atoms. The molecular weight excluding hydrogens is 234 g/mol. The number of rotatable bonds is 7. The van der Waals surface area contributed by atoms with E-state index in [1.54, 1.807) is 0 Å². The van der Waals surface area contributed by atoms with Gasteiger partial charge in [0.2, 0.25) is 0 Å². The normalized spacial score (nSPS) is 23.2. The van der Waals surface area contributed by atoms with Gasteiger partial charge in [-0.05, 0) is 58.4 Å². The summed E-state index contributed by atoms with van der Waals surface area (Å²) in [6.07, 6.45) is 3.98. The molecular formula is C16H35N3. The summed E-state index contributed by atoms with van der Waals surface area (Å²) in [4.78, 5) is 5.03. The first kappa shape index (κ1) is 16.9. The molecule has 3 heteroatoms. The standard InChI is InChI=1S/C16H35N3/c1-7-17-15(16(2,3)4)10-12-18(5)13-14-9-8-11-19(14)6/h14-15,17H,7-13H2,1-6H3. The fourth-order valence-electron chi connectivity index (χ4n) is 3.10. The van der Waals surface area contributed by atoms with Crippen molar-refractivity contribution in [1.82, 2.24) is 15.1 Å². The highest BCUT2D eigenvalue weighted by atomic mass is 15.2. The molecule has 0 aliphatic carbocycles. The Kier molecular flexibility index (Phi) is 6.78. The van der Waals surface area contributed by atoms with Gasteiger partial charge < -0.3 is 15.1 Å². The van der Waals surface area contributed by atoms with Crippen molar-refractivity contribution >= 4 is 0 Å². The van der Waals surface area contributed by atoms with Crippen LogP contribution in [0.5, 0.6) is 0 Å². The first-order valence-electron chi connectivity index (χ1n) is 7.96. The Balaban J connectivity index is 2.33. The van der Waals surface area contributed by atoms with Crippen molar-refractivity contribution in [2.24, 2.45) is 5.41 Å². The molecule has 1 fully saturated rings. The van der Waals surface area contributed by atoms with Gasteiger partial charge in [0.1, 0.15) is 0 Å². The molecule has 1 rings (SSSR count). The number of likely N-dealkylation sites (tertiary alicyclic amines) is 1. The number of hydrogen-bond acceptors (Lipinski definition) is 3. The predicted molar refractivity (Wildman–Crippen MR) is 84.7 cm³/mol. The van der Waals surface area contributed by atoms with Gasteiger partial charge in [0.15, 0.2) is 0 Å². The third kappa shape index (κ3) is 5.80. The molecule has 0 bridgehead atoms.